The lowest BCUT2D eigenvalue weighted by molar-refractivity contribution is 0.131. The van der Waals surface area contributed by atoms with E-state index in [1.165, 1.54) is 30.4 Å². The molecule has 1 N–H and O–H groups in total. The van der Waals surface area contributed by atoms with Gasteiger partial charge in [0.2, 0.25) is 0 Å². The smallest absolute Gasteiger partial charge is 0.407 e. The molecule has 0 radical (unpaired) electrons. The van der Waals surface area contributed by atoms with Crippen molar-refractivity contribution < 1.29 is 9.53 Å². The maximum atomic E-state index is 11.8. The summed E-state index contributed by atoms with van der Waals surface area (Å²) in [7, 11) is 0. The minimum absolute atomic E-state index is 0.145. The van der Waals surface area contributed by atoms with Crippen molar-refractivity contribution in [2.24, 2.45) is 0 Å². The summed E-state index contributed by atoms with van der Waals surface area (Å²) in [6.07, 6.45) is 7.16. The number of nitrogens with one attached hydrogen (secondary N) is 1. The van der Waals surface area contributed by atoms with Crippen LogP contribution >= 0.6 is 0 Å². The third kappa shape index (κ3) is 4.57. The molecule has 1 saturated carbocycles. The second-order valence-electron chi connectivity index (χ2n) is 6.39. The van der Waals surface area contributed by atoms with Crippen molar-refractivity contribution in [2.75, 3.05) is 0 Å². The zero-order chi connectivity index (χ0) is 16.8. The molecule has 2 aromatic rings. The first kappa shape index (κ1) is 16.5. The number of amides is 1. The molecule has 1 aliphatic rings. The molecule has 1 fully saturated rings. The van der Waals surface area contributed by atoms with Crippen molar-refractivity contribution in [3.05, 3.63) is 47.3 Å². The molecule has 1 aromatic carbocycles. The van der Waals surface area contributed by atoms with Crippen LogP contribution in [-0.4, -0.2) is 27.1 Å². The van der Waals surface area contributed by atoms with Crippen LogP contribution in [0.2, 0.25) is 0 Å². The molecule has 0 bridgehead atoms. The number of alkyl carbamates (subject to hydrolysis) is 1. The Bertz CT molecular complexity index is 677. The first-order chi connectivity index (χ1) is 11.7. The lowest BCUT2D eigenvalue weighted by Gasteiger charge is -2.22. The molecule has 1 heterocycles. The fourth-order valence-electron chi connectivity index (χ4n) is 3.04. The molecule has 1 aliphatic carbocycles. The topological polar surface area (TPSA) is 69.0 Å². The predicted molar refractivity (Wildman–Crippen MR) is 90.5 cm³/mol. The van der Waals surface area contributed by atoms with Crippen LogP contribution in [0.25, 0.3) is 0 Å². The fourth-order valence-corrected chi connectivity index (χ4v) is 3.04. The Labute approximate surface area is 142 Å². The molecule has 128 valence electrons. The monoisotopic (exact) mass is 328 g/mol. The number of hydrogen-bond donors (Lipinski definition) is 1. The molecule has 1 amide bonds. The van der Waals surface area contributed by atoms with Crippen LogP contribution < -0.4 is 5.32 Å². The maximum Gasteiger partial charge on any atom is 0.407 e. The third-order valence-corrected chi connectivity index (χ3v) is 4.46. The predicted octanol–water partition coefficient (Wildman–Crippen LogP) is 3.19. The van der Waals surface area contributed by atoms with Crippen LogP contribution in [0.4, 0.5) is 4.79 Å². The number of rotatable bonds is 5. The summed E-state index contributed by atoms with van der Waals surface area (Å²) in [4.78, 5) is 11.8. The summed E-state index contributed by atoms with van der Waals surface area (Å²) in [6.45, 7) is 2.88. The summed E-state index contributed by atoms with van der Waals surface area (Å²) in [5, 5.41) is 11.1. The highest BCUT2D eigenvalue weighted by atomic mass is 16.5. The minimum Gasteiger partial charge on any atom is -0.443 e. The molecule has 0 atom stereocenters. The van der Waals surface area contributed by atoms with E-state index in [1.807, 2.05) is 18.3 Å². The van der Waals surface area contributed by atoms with Gasteiger partial charge in [-0.25, -0.2) is 9.48 Å². The largest absolute Gasteiger partial charge is 0.443 e. The van der Waals surface area contributed by atoms with E-state index in [9.17, 15) is 4.79 Å². The number of carbonyl (C=O) groups is 1. The van der Waals surface area contributed by atoms with Crippen LogP contribution in [0, 0.1) is 6.92 Å². The third-order valence-electron chi connectivity index (χ3n) is 4.46. The number of aromatic nitrogens is 3. The van der Waals surface area contributed by atoms with E-state index in [4.69, 9.17) is 4.74 Å². The van der Waals surface area contributed by atoms with Gasteiger partial charge in [0, 0.05) is 6.04 Å². The van der Waals surface area contributed by atoms with E-state index in [-0.39, 0.29) is 18.7 Å². The Kier molecular flexibility index (Phi) is 5.46. The molecule has 6 nitrogen and oxygen atoms in total. The highest BCUT2D eigenvalue weighted by Crippen LogP contribution is 2.17. The summed E-state index contributed by atoms with van der Waals surface area (Å²) in [5.74, 6) is 0. The van der Waals surface area contributed by atoms with E-state index in [1.54, 1.807) is 4.68 Å². The Morgan fingerprint density at radius 3 is 2.88 bits per heavy atom. The number of aryl methyl sites for hydroxylation is 1. The second-order valence-corrected chi connectivity index (χ2v) is 6.39. The minimum atomic E-state index is -0.365. The van der Waals surface area contributed by atoms with Crippen molar-refractivity contribution in [1.82, 2.24) is 20.3 Å². The van der Waals surface area contributed by atoms with E-state index < -0.39 is 0 Å². The SMILES string of the molecule is Cc1ccccc1Cn1cc(COC(=O)NC2CCCCC2)nn1. The van der Waals surface area contributed by atoms with Gasteiger partial charge in [-0.05, 0) is 30.9 Å². The molecule has 0 saturated heterocycles. The molecule has 0 spiro atoms. The van der Waals surface area contributed by atoms with E-state index in [0.717, 1.165) is 12.8 Å². The van der Waals surface area contributed by atoms with Gasteiger partial charge < -0.3 is 10.1 Å². The van der Waals surface area contributed by atoms with Crippen LogP contribution in [-0.2, 0) is 17.9 Å². The quantitative estimate of drug-likeness (QED) is 0.915. The summed E-state index contributed by atoms with van der Waals surface area (Å²) >= 11 is 0. The Morgan fingerprint density at radius 1 is 1.29 bits per heavy atom. The highest BCUT2D eigenvalue weighted by molar-refractivity contribution is 5.67. The van der Waals surface area contributed by atoms with Crippen LogP contribution in [0.3, 0.4) is 0 Å². The van der Waals surface area contributed by atoms with Crippen molar-refractivity contribution in [2.45, 2.75) is 58.2 Å². The summed E-state index contributed by atoms with van der Waals surface area (Å²) < 4.78 is 7.02. The number of benzene rings is 1. The number of ether oxygens (including phenoxy) is 1. The molecular weight excluding hydrogens is 304 g/mol. The number of nitrogens with zero attached hydrogens (tertiary/aromatic N) is 3. The van der Waals surface area contributed by atoms with Gasteiger partial charge >= 0.3 is 6.09 Å². The van der Waals surface area contributed by atoms with Gasteiger partial charge in [0.05, 0.1) is 12.7 Å². The standard InChI is InChI=1S/C18H24N4O2/c1-14-7-5-6-8-15(14)11-22-12-17(20-21-22)13-24-18(23)19-16-9-3-2-4-10-16/h5-8,12,16H,2-4,9-11,13H2,1H3,(H,19,23). The van der Waals surface area contributed by atoms with E-state index in [2.05, 4.69) is 34.7 Å². The molecule has 1 aromatic heterocycles. The van der Waals surface area contributed by atoms with Crippen molar-refractivity contribution in [3.8, 4) is 0 Å². The molecule has 24 heavy (non-hydrogen) atoms. The van der Waals surface area contributed by atoms with Gasteiger partial charge in [0.25, 0.3) is 0 Å². The van der Waals surface area contributed by atoms with Crippen LogP contribution in [0.1, 0.15) is 48.9 Å². The van der Waals surface area contributed by atoms with Crippen LogP contribution in [0.15, 0.2) is 30.5 Å². The zero-order valence-corrected chi connectivity index (χ0v) is 14.1. The first-order valence-electron chi connectivity index (χ1n) is 8.57. The van der Waals surface area contributed by atoms with E-state index >= 15 is 0 Å². The van der Waals surface area contributed by atoms with Gasteiger partial charge in [-0.15, -0.1) is 5.10 Å². The fraction of sp³-hybridized carbons (Fsp3) is 0.500. The molecule has 6 heteroatoms. The van der Waals surface area contributed by atoms with Gasteiger partial charge in [-0.2, -0.15) is 0 Å². The van der Waals surface area contributed by atoms with Crippen molar-refractivity contribution in [3.63, 3.8) is 0 Å². The van der Waals surface area contributed by atoms with Gasteiger partial charge in [0.15, 0.2) is 0 Å². The molecular formula is C18H24N4O2. The lowest BCUT2D eigenvalue weighted by atomic mass is 9.96. The Morgan fingerprint density at radius 2 is 2.08 bits per heavy atom. The van der Waals surface area contributed by atoms with Gasteiger partial charge in [-0.1, -0.05) is 48.7 Å². The van der Waals surface area contributed by atoms with Gasteiger partial charge in [0.1, 0.15) is 12.3 Å². The maximum absolute atomic E-state index is 11.8. The Balaban J connectivity index is 1.47. The first-order valence-corrected chi connectivity index (χ1v) is 8.57. The molecule has 0 aliphatic heterocycles. The zero-order valence-electron chi connectivity index (χ0n) is 14.1. The molecule has 0 unspecified atom stereocenters. The van der Waals surface area contributed by atoms with E-state index in [0.29, 0.717) is 12.2 Å². The van der Waals surface area contributed by atoms with Gasteiger partial charge in [-0.3, -0.25) is 0 Å². The van der Waals surface area contributed by atoms with Crippen molar-refractivity contribution >= 4 is 6.09 Å². The summed E-state index contributed by atoms with van der Waals surface area (Å²) in [5.41, 5.74) is 3.07. The van der Waals surface area contributed by atoms with Crippen LogP contribution in [0.5, 0.6) is 0 Å². The number of carbonyl (C=O) groups excluding carboxylic acids is 1. The highest BCUT2D eigenvalue weighted by Gasteiger charge is 2.16. The average Bonchev–Trinajstić information content (AvgIpc) is 3.04. The molecule has 3 rings (SSSR count). The Hall–Kier alpha value is -2.37. The van der Waals surface area contributed by atoms with Crippen molar-refractivity contribution in [1.29, 1.82) is 0 Å². The lowest BCUT2D eigenvalue weighted by Crippen LogP contribution is -2.36. The average molecular weight is 328 g/mol. The second kappa shape index (κ2) is 7.95. The summed E-state index contributed by atoms with van der Waals surface area (Å²) in [6, 6.07) is 8.43. The normalized spacial score (nSPS) is 15.2. The number of hydrogen-bond acceptors (Lipinski definition) is 4.